The van der Waals surface area contributed by atoms with Crippen molar-refractivity contribution >= 4 is 24.0 Å². The van der Waals surface area contributed by atoms with Crippen LogP contribution >= 0.6 is 24.0 Å². The number of rotatable bonds is 1. The Hall–Kier alpha value is -0.720. The molecule has 3 N–H and O–H groups in total. The summed E-state index contributed by atoms with van der Waals surface area (Å²) in [6.45, 7) is 0. The largest absolute Gasteiger partial charge is 0.505 e. The number of hydrogen-bond acceptors (Lipinski definition) is 2. The standard InChI is InChI=1S/C8H6ClF4NO.ClH/c9-3-1-2-4(10)6(15)5(3)7(14)8(11,12)13;/h1-2,7,15H,14H2;1H/t7-;/m1./s1. The van der Waals surface area contributed by atoms with Gasteiger partial charge in [-0.25, -0.2) is 4.39 Å². The Bertz CT molecular complexity index is 383. The topological polar surface area (TPSA) is 46.2 Å². The fourth-order valence-corrected chi connectivity index (χ4v) is 1.29. The van der Waals surface area contributed by atoms with Gasteiger partial charge in [-0.1, -0.05) is 11.6 Å². The van der Waals surface area contributed by atoms with Crippen LogP contribution in [0.3, 0.4) is 0 Å². The van der Waals surface area contributed by atoms with Gasteiger partial charge in [0.2, 0.25) is 0 Å². The molecule has 1 aromatic carbocycles. The summed E-state index contributed by atoms with van der Waals surface area (Å²) in [5.41, 5.74) is 3.95. The highest BCUT2D eigenvalue weighted by atomic mass is 35.5. The normalized spacial score (nSPS) is 13.1. The van der Waals surface area contributed by atoms with Gasteiger partial charge in [0.1, 0.15) is 6.04 Å². The van der Waals surface area contributed by atoms with E-state index in [-0.39, 0.29) is 12.4 Å². The van der Waals surface area contributed by atoms with Gasteiger partial charge in [-0.15, -0.1) is 12.4 Å². The molecule has 1 aromatic rings. The second-order valence-electron chi connectivity index (χ2n) is 2.81. The van der Waals surface area contributed by atoms with Gasteiger partial charge in [0.25, 0.3) is 0 Å². The summed E-state index contributed by atoms with van der Waals surface area (Å²) in [5, 5.41) is 8.64. The monoisotopic (exact) mass is 279 g/mol. The molecule has 1 atom stereocenters. The van der Waals surface area contributed by atoms with E-state index in [9.17, 15) is 17.6 Å². The number of hydrogen-bond donors (Lipinski definition) is 2. The van der Waals surface area contributed by atoms with Crippen LogP contribution in [0.2, 0.25) is 5.02 Å². The molecule has 0 aliphatic heterocycles. The van der Waals surface area contributed by atoms with Crippen molar-refractivity contribution in [2.75, 3.05) is 0 Å². The fraction of sp³-hybridized carbons (Fsp3) is 0.250. The summed E-state index contributed by atoms with van der Waals surface area (Å²) in [7, 11) is 0. The smallest absolute Gasteiger partial charge is 0.407 e. The summed E-state index contributed by atoms with van der Waals surface area (Å²) >= 11 is 5.40. The zero-order valence-corrected chi connectivity index (χ0v) is 9.13. The maximum atomic E-state index is 12.8. The van der Waals surface area contributed by atoms with E-state index in [0.29, 0.717) is 0 Å². The minimum Gasteiger partial charge on any atom is -0.505 e. The molecule has 0 aliphatic carbocycles. The van der Waals surface area contributed by atoms with Crippen molar-refractivity contribution in [2.24, 2.45) is 5.73 Å². The molecule has 0 heterocycles. The Kier molecular flexibility index (Phi) is 4.85. The van der Waals surface area contributed by atoms with Crippen LogP contribution in [0, 0.1) is 5.82 Å². The SMILES string of the molecule is Cl.N[C@H](c1c(Cl)ccc(F)c1O)C(F)(F)F. The lowest BCUT2D eigenvalue weighted by Gasteiger charge is -2.18. The van der Waals surface area contributed by atoms with Gasteiger partial charge in [-0.3, -0.25) is 0 Å². The molecule has 1 rings (SSSR count). The van der Waals surface area contributed by atoms with Crippen LogP contribution < -0.4 is 5.73 Å². The van der Waals surface area contributed by atoms with E-state index in [2.05, 4.69) is 0 Å². The predicted octanol–water partition coefficient (Wildman–Crippen LogP) is 3.17. The molecule has 16 heavy (non-hydrogen) atoms. The molecule has 2 nitrogen and oxygen atoms in total. The van der Waals surface area contributed by atoms with Crippen LogP contribution in [-0.4, -0.2) is 11.3 Å². The zero-order chi connectivity index (χ0) is 11.8. The Labute approximate surface area is 99.4 Å². The molecule has 0 spiro atoms. The summed E-state index contributed by atoms with van der Waals surface area (Å²) in [4.78, 5) is 0. The lowest BCUT2D eigenvalue weighted by molar-refractivity contribution is -0.149. The van der Waals surface area contributed by atoms with Crippen LogP contribution in [0.4, 0.5) is 17.6 Å². The van der Waals surface area contributed by atoms with Gasteiger partial charge >= 0.3 is 6.18 Å². The highest BCUT2D eigenvalue weighted by molar-refractivity contribution is 6.31. The van der Waals surface area contributed by atoms with E-state index in [1.165, 1.54) is 0 Å². The third-order valence-corrected chi connectivity index (χ3v) is 2.11. The minimum atomic E-state index is -4.80. The summed E-state index contributed by atoms with van der Waals surface area (Å²) in [6, 6.07) is -0.859. The molecule has 0 fully saturated rings. The van der Waals surface area contributed by atoms with E-state index < -0.39 is 34.4 Å². The van der Waals surface area contributed by atoms with Crippen molar-refractivity contribution in [2.45, 2.75) is 12.2 Å². The van der Waals surface area contributed by atoms with Crippen molar-refractivity contribution in [1.82, 2.24) is 0 Å². The first-order valence-corrected chi connectivity index (χ1v) is 4.12. The lowest BCUT2D eigenvalue weighted by atomic mass is 10.1. The first kappa shape index (κ1) is 15.3. The van der Waals surface area contributed by atoms with Crippen LogP contribution in [0.15, 0.2) is 12.1 Å². The molecule has 0 radical (unpaired) electrons. The van der Waals surface area contributed by atoms with Gasteiger partial charge < -0.3 is 10.8 Å². The second-order valence-corrected chi connectivity index (χ2v) is 3.22. The maximum absolute atomic E-state index is 12.8. The molecule has 92 valence electrons. The van der Waals surface area contributed by atoms with Gasteiger partial charge in [-0.05, 0) is 12.1 Å². The molecule has 8 heteroatoms. The molecule has 0 bridgehead atoms. The van der Waals surface area contributed by atoms with Crippen LogP contribution in [0.1, 0.15) is 11.6 Å². The third kappa shape index (κ3) is 2.90. The molecule has 0 saturated carbocycles. The first-order valence-electron chi connectivity index (χ1n) is 3.74. The maximum Gasteiger partial charge on any atom is 0.407 e. The second kappa shape index (κ2) is 5.07. The van der Waals surface area contributed by atoms with E-state index in [1.54, 1.807) is 0 Å². The highest BCUT2D eigenvalue weighted by Crippen LogP contribution is 2.39. The van der Waals surface area contributed by atoms with Crippen molar-refractivity contribution in [3.8, 4) is 5.75 Å². The van der Waals surface area contributed by atoms with Crippen molar-refractivity contribution in [1.29, 1.82) is 0 Å². The number of phenols is 1. The van der Waals surface area contributed by atoms with E-state index in [0.717, 1.165) is 12.1 Å². The van der Waals surface area contributed by atoms with Crippen molar-refractivity contribution < 1.29 is 22.7 Å². The number of phenolic OH excluding ortho intramolecular Hbond substituents is 1. The average Bonchev–Trinajstić information content (AvgIpc) is 2.10. The number of nitrogens with two attached hydrogens (primary N) is 1. The Balaban J connectivity index is 0.00000225. The van der Waals surface area contributed by atoms with E-state index >= 15 is 0 Å². The van der Waals surface area contributed by atoms with Crippen molar-refractivity contribution in [3.05, 3.63) is 28.5 Å². The van der Waals surface area contributed by atoms with Crippen molar-refractivity contribution in [3.63, 3.8) is 0 Å². The molecular formula is C8H7Cl2F4NO. The van der Waals surface area contributed by atoms with Gasteiger partial charge in [-0.2, -0.15) is 13.2 Å². The Morgan fingerprint density at radius 1 is 1.31 bits per heavy atom. The van der Waals surface area contributed by atoms with E-state index in [1.807, 2.05) is 0 Å². The number of halogens is 6. The summed E-state index contributed by atoms with van der Waals surface area (Å²) in [5.74, 6) is -2.37. The molecule has 0 aromatic heterocycles. The zero-order valence-electron chi connectivity index (χ0n) is 7.55. The minimum absolute atomic E-state index is 0. The van der Waals surface area contributed by atoms with Crippen LogP contribution in [0.25, 0.3) is 0 Å². The fourth-order valence-electron chi connectivity index (χ4n) is 1.02. The van der Waals surface area contributed by atoms with Gasteiger partial charge in [0.05, 0.1) is 0 Å². The average molecular weight is 280 g/mol. The third-order valence-electron chi connectivity index (χ3n) is 1.78. The number of aromatic hydroxyl groups is 1. The molecule has 0 amide bonds. The van der Waals surface area contributed by atoms with Gasteiger partial charge in [0, 0.05) is 10.6 Å². The van der Waals surface area contributed by atoms with Gasteiger partial charge in [0.15, 0.2) is 11.6 Å². The highest BCUT2D eigenvalue weighted by Gasteiger charge is 2.41. The predicted molar refractivity (Wildman–Crippen MR) is 53.3 cm³/mol. The molecule has 0 saturated heterocycles. The van der Waals surface area contributed by atoms with Crippen LogP contribution in [-0.2, 0) is 0 Å². The Morgan fingerprint density at radius 3 is 2.25 bits per heavy atom. The first-order chi connectivity index (χ1) is 6.75. The quantitative estimate of drug-likeness (QED) is 0.776. The van der Waals surface area contributed by atoms with E-state index in [4.69, 9.17) is 22.4 Å². The summed E-state index contributed by atoms with van der Waals surface area (Å²) in [6.07, 6.45) is -4.80. The Morgan fingerprint density at radius 2 is 1.81 bits per heavy atom. The number of alkyl halides is 3. The van der Waals surface area contributed by atoms with Crippen LogP contribution in [0.5, 0.6) is 5.75 Å². The molecular weight excluding hydrogens is 273 g/mol. The summed E-state index contributed by atoms with van der Waals surface area (Å²) < 4.78 is 49.4. The molecule has 0 aliphatic rings. The molecule has 0 unspecified atom stereocenters. The number of benzene rings is 1. The lowest BCUT2D eigenvalue weighted by Crippen LogP contribution is -2.29.